The molecule has 1 aliphatic carbocycles. The van der Waals surface area contributed by atoms with Crippen LogP contribution < -0.4 is 0 Å². The lowest BCUT2D eigenvalue weighted by molar-refractivity contribution is 0.102. The number of ketones is 1. The molecule has 1 aliphatic rings. The third-order valence-corrected chi connectivity index (χ3v) is 6.56. The fraction of sp³-hybridized carbons (Fsp3) is 0.667. The summed E-state index contributed by atoms with van der Waals surface area (Å²) in [6.07, 6.45) is 4.43. The molecule has 2 rings (SSSR count). The molecule has 2 nitrogen and oxygen atoms in total. The smallest absolute Gasteiger partial charge is 0.176 e. The van der Waals surface area contributed by atoms with E-state index in [0.29, 0.717) is 5.92 Å². The van der Waals surface area contributed by atoms with Crippen molar-refractivity contribution in [3.05, 3.63) is 21.4 Å². The number of Topliss-reactive ketones (excluding diaryl/α,β-unsaturated/α-hetero) is 1. The molecule has 1 fully saturated rings. The first kappa shape index (κ1) is 14.9. The van der Waals surface area contributed by atoms with E-state index in [4.69, 9.17) is 0 Å². The topological polar surface area (TPSA) is 34.1 Å². The van der Waals surface area contributed by atoms with Crippen LogP contribution in [0, 0.1) is 19.8 Å². The molecule has 3 unspecified atom stereocenters. The number of carbonyl (C=O) groups is 1. The van der Waals surface area contributed by atoms with Crippen LogP contribution >= 0.6 is 11.3 Å². The summed E-state index contributed by atoms with van der Waals surface area (Å²) in [7, 11) is -1.00. The molecule has 1 heterocycles. The van der Waals surface area contributed by atoms with Gasteiger partial charge in [0.05, 0.1) is 5.75 Å². The van der Waals surface area contributed by atoms with Crippen LogP contribution in [0.15, 0.2) is 6.07 Å². The maximum absolute atomic E-state index is 12.3. The van der Waals surface area contributed by atoms with Crippen molar-refractivity contribution in [1.29, 1.82) is 0 Å². The van der Waals surface area contributed by atoms with Crippen LogP contribution in [-0.2, 0) is 10.8 Å². The lowest BCUT2D eigenvalue weighted by Gasteiger charge is -2.25. The Morgan fingerprint density at radius 3 is 2.74 bits per heavy atom. The molecule has 3 atom stereocenters. The second-order valence-electron chi connectivity index (χ2n) is 5.67. The van der Waals surface area contributed by atoms with Gasteiger partial charge in [-0.1, -0.05) is 19.8 Å². The zero-order valence-corrected chi connectivity index (χ0v) is 13.5. The van der Waals surface area contributed by atoms with E-state index >= 15 is 0 Å². The molecule has 0 aromatic carbocycles. The number of aryl methyl sites for hydroxylation is 2. The Kier molecular flexibility index (Phi) is 4.96. The van der Waals surface area contributed by atoms with Gasteiger partial charge < -0.3 is 0 Å². The predicted molar refractivity (Wildman–Crippen MR) is 82.6 cm³/mol. The van der Waals surface area contributed by atoms with Gasteiger partial charge in [0.1, 0.15) is 0 Å². The summed E-state index contributed by atoms with van der Waals surface area (Å²) in [5, 5.41) is 0.229. The maximum Gasteiger partial charge on any atom is 0.176 e. The lowest BCUT2D eigenvalue weighted by Crippen LogP contribution is -2.27. The molecule has 1 aromatic rings. The van der Waals surface area contributed by atoms with E-state index in [9.17, 15) is 9.00 Å². The molecular formula is C15H22O2S2. The summed E-state index contributed by atoms with van der Waals surface area (Å²) < 4.78 is 12.3. The van der Waals surface area contributed by atoms with Gasteiger partial charge in [-0.15, -0.1) is 11.3 Å². The number of thiophene rings is 1. The zero-order chi connectivity index (χ0) is 14.0. The number of hydrogen-bond acceptors (Lipinski definition) is 3. The molecule has 0 bridgehead atoms. The first-order chi connectivity index (χ1) is 8.97. The van der Waals surface area contributed by atoms with Crippen molar-refractivity contribution in [3.8, 4) is 0 Å². The average Bonchev–Trinajstić information content (AvgIpc) is 2.68. The van der Waals surface area contributed by atoms with E-state index < -0.39 is 10.8 Å². The molecule has 0 saturated heterocycles. The molecule has 0 amide bonds. The molecule has 106 valence electrons. The second kappa shape index (κ2) is 6.31. The highest BCUT2D eigenvalue weighted by Crippen LogP contribution is 2.28. The van der Waals surface area contributed by atoms with Gasteiger partial charge in [-0.3, -0.25) is 9.00 Å². The fourth-order valence-electron chi connectivity index (χ4n) is 2.85. The Balaban J connectivity index is 1.98. The van der Waals surface area contributed by atoms with Gasteiger partial charge in [0.25, 0.3) is 0 Å². The molecule has 0 aliphatic heterocycles. The van der Waals surface area contributed by atoms with Gasteiger partial charge in [0, 0.05) is 31.4 Å². The monoisotopic (exact) mass is 298 g/mol. The summed E-state index contributed by atoms with van der Waals surface area (Å²) in [4.78, 5) is 14.4. The number of carbonyl (C=O) groups excluding carboxylic acids is 1. The van der Waals surface area contributed by atoms with E-state index in [2.05, 4.69) is 6.92 Å². The Bertz CT molecular complexity index is 490. The zero-order valence-electron chi connectivity index (χ0n) is 11.9. The van der Waals surface area contributed by atoms with E-state index in [-0.39, 0.29) is 16.8 Å². The van der Waals surface area contributed by atoms with Gasteiger partial charge >= 0.3 is 0 Å². The Morgan fingerprint density at radius 1 is 1.42 bits per heavy atom. The van der Waals surface area contributed by atoms with Crippen LogP contribution in [0.25, 0.3) is 0 Å². The van der Waals surface area contributed by atoms with Crippen LogP contribution in [0.1, 0.15) is 52.7 Å². The third-order valence-electron chi connectivity index (χ3n) is 3.87. The average molecular weight is 298 g/mol. The Labute approximate surface area is 122 Å². The molecule has 1 saturated carbocycles. The van der Waals surface area contributed by atoms with E-state index in [1.165, 1.54) is 6.42 Å². The maximum atomic E-state index is 12.3. The van der Waals surface area contributed by atoms with Gasteiger partial charge in [0.15, 0.2) is 5.78 Å². The summed E-state index contributed by atoms with van der Waals surface area (Å²) in [5.74, 6) is 0.912. The first-order valence-corrected chi connectivity index (χ1v) is 9.14. The van der Waals surface area contributed by atoms with Crippen molar-refractivity contribution >= 4 is 27.9 Å². The van der Waals surface area contributed by atoms with Crippen molar-refractivity contribution in [2.75, 3.05) is 5.75 Å². The summed E-state index contributed by atoms with van der Waals surface area (Å²) in [6, 6.07) is 1.93. The number of rotatable bonds is 4. The predicted octanol–water partition coefficient (Wildman–Crippen LogP) is 3.88. The fourth-order valence-corrected chi connectivity index (χ4v) is 5.41. The van der Waals surface area contributed by atoms with Crippen LogP contribution in [-0.4, -0.2) is 21.0 Å². The summed E-state index contributed by atoms with van der Waals surface area (Å²) >= 11 is 1.64. The largest absolute Gasteiger partial charge is 0.293 e. The molecule has 1 aromatic heterocycles. The van der Waals surface area contributed by atoms with Crippen LogP contribution in [0.3, 0.4) is 0 Å². The second-order valence-corrected chi connectivity index (χ2v) is 8.85. The minimum atomic E-state index is -1.00. The van der Waals surface area contributed by atoms with E-state index in [1.807, 2.05) is 19.9 Å². The first-order valence-electron chi connectivity index (χ1n) is 6.94. The van der Waals surface area contributed by atoms with Crippen molar-refractivity contribution in [3.63, 3.8) is 0 Å². The summed E-state index contributed by atoms with van der Waals surface area (Å²) in [5.41, 5.74) is 0.778. The van der Waals surface area contributed by atoms with Gasteiger partial charge in [-0.05, 0) is 38.7 Å². The van der Waals surface area contributed by atoms with Crippen molar-refractivity contribution < 1.29 is 9.00 Å². The van der Waals surface area contributed by atoms with Gasteiger partial charge in [0.2, 0.25) is 0 Å². The Morgan fingerprint density at radius 2 is 2.16 bits per heavy atom. The molecule has 4 heteroatoms. The highest BCUT2D eigenvalue weighted by molar-refractivity contribution is 7.86. The summed E-state index contributed by atoms with van der Waals surface area (Å²) in [6.45, 7) is 6.20. The number of hydrogen-bond donors (Lipinski definition) is 0. The molecule has 0 spiro atoms. The molecule has 0 radical (unpaired) electrons. The van der Waals surface area contributed by atoms with Gasteiger partial charge in [-0.25, -0.2) is 0 Å². The third kappa shape index (κ3) is 3.76. The standard InChI is InChI=1S/C15H22O2S2/c1-10-5-4-6-13(7-10)19(17)9-15(16)14-8-11(2)18-12(14)3/h8,10,13H,4-7,9H2,1-3H3. The SMILES string of the molecule is Cc1cc(C(=O)CS(=O)C2CCCC(C)C2)c(C)s1. The molecule has 0 N–H and O–H groups in total. The van der Waals surface area contributed by atoms with Crippen molar-refractivity contribution in [1.82, 2.24) is 0 Å². The molecular weight excluding hydrogens is 276 g/mol. The van der Waals surface area contributed by atoms with E-state index in [0.717, 1.165) is 34.6 Å². The van der Waals surface area contributed by atoms with Crippen LogP contribution in [0.5, 0.6) is 0 Å². The highest BCUT2D eigenvalue weighted by Gasteiger charge is 2.26. The van der Waals surface area contributed by atoms with Crippen LogP contribution in [0.4, 0.5) is 0 Å². The lowest BCUT2D eigenvalue weighted by atomic mass is 9.91. The van der Waals surface area contributed by atoms with Crippen molar-refractivity contribution in [2.45, 2.75) is 51.7 Å². The Hall–Kier alpha value is -0.480. The highest BCUT2D eigenvalue weighted by atomic mass is 32.2. The van der Waals surface area contributed by atoms with E-state index in [1.54, 1.807) is 11.3 Å². The molecule has 19 heavy (non-hydrogen) atoms. The van der Waals surface area contributed by atoms with Crippen LogP contribution in [0.2, 0.25) is 0 Å². The normalized spacial score (nSPS) is 25.2. The van der Waals surface area contributed by atoms with Crippen molar-refractivity contribution in [2.24, 2.45) is 5.92 Å². The van der Waals surface area contributed by atoms with Gasteiger partial charge in [-0.2, -0.15) is 0 Å². The quantitative estimate of drug-likeness (QED) is 0.791. The minimum absolute atomic E-state index is 0.0541. The minimum Gasteiger partial charge on any atom is -0.293 e.